The Morgan fingerprint density at radius 1 is 1.04 bits per heavy atom. The van der Waals surface area contributed by atoms with E-state index in [2.05, 4.69) is 20.8 Å². The number of carbonyl (C=O) groups is 1. The van der Waals surface area contributed by atoms with E-state index in [0.717, 1.165) is 54.8 Å². The molecule has 2 nitrogen and oxygen atoms in total. The first-order valence-corrected chi connectivity index (χ1v) is 11.0. The van der Waals surface area contributed by atoms with E-state index in [-0.39, 0.29) is 5.41 Å². The molecule has 4 aliphatic carbocycles. The second-order valence-corrected chi connectivity index (χ2v) is 10.7. The second kappa shape index (κ2) is 6.08. The minimum Gasteiger partial charge on any atom is -0.390 e. The molecule has 4 saturated carbocycles. The zero-order valence-electron chi connectivity index (χ0n) is 16.8. The molecule has 9 atom stereocenters. The van der Waals surface area contributed by atoms with E-state index in [1.807, 2.05) is 6.92 Å². The summed E-state index contributed by atoms with van der Waals surface area (Å²) in [5.41, 5.74) is -0.156. The predicted molar refractivity (Wildman–Crippen MR) is 101 cm³/mol. The molecule has 0 unspecified atom stereocenters. The van der Waals surface area contributed by atoms with Gasteiger partial charge in [0.2, 0.25) is 0 Å². The van der Waals surface area contributed by atoms with Crippen molar-refractivity contribution in [2.75, 3.05) is 0 Å². The Kier molecular flexibility index (Phi) is 4.38. The maximum atomic E-state index is 12.4. The van der Waals surface area contributed by atoms with Gasteiger partial charge in [0, 0.05) is 5.92 Å². The Hall–Kier alpha value is -0.370. The number of fused-ring (bicyclic) bond motifs is 5. The summed E-state index contributed by atoms with van der Waals surface area (Å²) in [4.78, 5) is 12.4. The van der Waals surface area contributed by atoms with Crippen molar-refractivity contribution in [3.63, 3.8) is 0 Å². The molecule has 25 heavy (non-hydrogen) atoms. The van der Waals surface area contributed by atoms with Crippen molar-refractivity contribution in [1.82, 2.24) is 0 Å². The van der Waals surface area contributed by atoms with E-state index in [4.69, 9.17) is 0 Å². The van der Waals surface area contributed by atoms with Gasteiger partial charge in [-0.15, -0.1) is 0 Å². The average molecular weight is 347 g/mol. The SMILES string of the molecule is CC[C@@H]1C[C@H](C(C)=O)[C@@]2(C)CC[C@H]3[C@@H](CC[C@@H]4C[C@](C)(O)CC[C@@H]43)[C@H]12. The molecule has 0 amide bonds. The summed E-state index contributed by atoms with van der Waals surface area (Å²) in [5.74, 6) is 5.60. The van der Waals surface area contributed by atoms with E-state index in [1.54, 1.807) is 0 Å². The number of ketones is 1. The molecule has 142 valence electrons. The fourth-order valence-electron chi connectivity index (χ4n) is 8.42. The molecule has 0 radical (unpaired) electrons. The maximum absolute atomic E-state index is 12.4. The molecular formula is C23H38O2. The standard InChI is InChI=1S/C23H38O2/c1-5-15-12-20(14(2)24)23(4)11-9-18-17-8-10-22(3,25)13-16(17)6-7-19(18)21(15)23/h15-21,25H,5-13H2,1-4H3/t15-,16-,17+,18-,19-,20-,21+,22-,23-/m1/s1. The van der Waals surface area contributed by atoms with Gasteiger partial charge >= 0.3 is 0 Å². The van der Waals surface area contributed by atoms with Gasteiger partial charge in [-0.2, -0.15) is 0 Å². The normalized spacial score (nSPS) is 55.2. The molecule has 4 rings (SSSR count). The van der Waals surface area contributed by atoms with Crippen molar-refractivity contribution in [3.8, 4) is 0 Å². The Bertz CT molecular complexity index is 538. The molecule has 2 heteroatoms. The average Bonchev–Trinajstić information content (AvgIpc) is 2.86. The van der Waals surface area contributed by atoms with Crippen molar-refractivity contribution in [1.29, 1.82) is 0 Å². The summed E-state index contributed by atoms with van der Waals surface area (Å²) in [6.45, 7) is 8.71. The molecule has 0 aliphatic heterocycles. The van der Waals surface area contributed by atoms with Crippen molar-refractivity contribution in [3.05, 3.63) is 0 Å². The smallest absolute Gasteiger partial charge is 0.133 e. The van der Waals surface area contributed by atoms with E-state index >= 15 is 0 Å². The topological polar surface area (TPSA) is 37.3 Å². The van der Waals surface area contributed by atoms with Crippen LogP contribution < -0.4 is 0 Å². The summed E-state index contributed by atoms with van der Waals surface area (Å²) in [7, 11) is 0. The molecule has 4 aliphatic rings. The van der Waals surface area contributed by atoms with Gasteiger partial charge in [0.1, 0.15) is 5.78 Å². The highest BCUT2D eigenvalue weighted by Gasteiger charge is 2.61. The lowest BCUT2D eigenvalue weighted by atomic mass is 9.48. The summed E-state index contributed by atoms with van der Waals surface area (Å²) in [6.07, 6.45) is 10.9. The molecule has 4 fully saturated rings. The number of hydrogen-bond acceptors (Lipinski definition) is 2. The molecular weight excluding hydrogens is 308 g/mol. The lowest BCUT2D eigenvalue weighted by Gasteiger charge is -2.57. The van der Waals surface area contributed by atoms with Gasteiger partial charge in [-0.05, 0) is 106 Å². The third-order valence-corrected chi connectivity index (χ3v) is 9.39. The van der Waals surface area contributed by atoms with Crippen LogP contribution in [0.25, 0.3) is 0 Å². The summed E-state index contributed by atoms with van der Waals surface area (Å²) >= 11 is 0. The van der Waals surface area contributed by atoms with Gasteiger partial charge in [-0.25, -0.2) is 0 Å². The summed E-state index contributed by atoms with van der Waals surface area (Å²) in [6, 6.07) is 0. The molecule has 1 N–H and O–H groups in total. The van der Waals surface area contributed by atoms with Crippen LogP contribution in [0.3, 0.4) is 0 Å². The highest BCUT2D eigenvalue weighted by molar-refractivity contribution is 5.79. The Labute approximate surface area is 154 Å². The summed E-state index contributed by atoms with van der Waals surface area (Å²) in [5, 5.41) is 10.5. The fourth-order valence-corrected chi connectivity index (χ4v) is 8.42. The minimum atomic E-state index is -0.420. The van der Waals surface area contributed by atoms with Crippen LogP contribution in [0.2, 0.25) is 0 Å². The molecule has 0 saturated heterocycles. The molecule has 0 aromatic carbocycles. The quantitative estimate of drug-likeness (QED) is 0.743. The lowest BCUT2D eigenvalue weighted by Crippen LogP contribution is -2.51. The van der Waals surface area contributed by atoms with Crippen LogP contribution in [0, 0.1) is 46.8 Å². The van der Waals surface area contributed by atoms with Gasteiger partial charge in [-0.3, -0.25) is 4.79 Å². The van der Waals surface area contributed by atoms with Crippen LogP contribution in [-0.4, -0.2) is 16.5 Å². The van der Waals surface area contributed by atoms with Crippen LogP contribution in [0.15, 0.2) is 0 Å². The Morgan fingerprint density at radius 2 is 1.76 bits per heavy atom. The fraction of sp³-hybridized carbons (Fsp3) is 0.957. The van der Waals surface area contributed by atoms with Gasteiger partial charge in [0.25, 0.3) is 0 Å². The van der Waals surface area contributed by atoms with E-state index in [0.29, 0.717) is 11.7 Å². The zero-order chi connectivity index (χ0) is 18.0. The van der Waals surface area contributed by atoms with Crippen molar-refractivity contribution in [2.24, 2.45) is 46.8 Å². The monoisotopic (exact) mass is 346 g/mol. The van der Waals surface area contributed by atoms with Gasteiger partial charge in [0.05, 0.1) is 5.60 Å². The predicted octanol–water partition coefficient (Wildman–Crippen LogP) is 5.23. The Balaban J connectivity index is 1.61. The largest absolute Gasteiger partial charge is 0.390 e. The van der Waals surface area contributed by atoms with Crippen molar-refractivity contribution >= 4 is 5.78 Å². The zero-order valence-corrected chi connectivity index (χ0v) is 16.8. The number of carbonyl (C=O) groups excluding carboxylic acids is 1. The van der Waals surface area contributed by atoms with Gasteiger partial charge < -0.3 is 5.11 Å². The summed E-state index contributed by atoms with van der Waals surface area (Å²) < 4.78 is 0. The number of aliphatic hydroxyl groups is 1. The van der Waals surface area contributed by atoms with Crippen molar-refractivity contribution < 1.29 is 9.90 Å². The first-order chi connectivity index (χ1) is 11.8. The molecule has 0 heterocycles. The Morgan fingerprint density at radius 3 is 2.44 bits per heavy atom. The molecule has 0 aromatic rings. The van der Waals surface area contributed by atoms with Gasteiger partial charge in [-0.1, -0.05) is 20.3 Å². The van der Waals surface area contributed by atoms with E-state index < -0.39 is 5.60 Å². The second-order valence-electron chi connectivity index (χ2n) is 10.7. The van der Waals surface area contributed by atoms with Gasteiger partial charge in [0.15, 0.2) is 0 Å². The third-order valence-electron chi connectivity index (χ3n) is 9.39. The van der Waals surface area contributed by atoms with Crippen LogP contribution in [-0.2, 0) is 4.79 Å². The lowest BCUT2D eigenvalue weighted by molar-refractivity contribution is -0.131. The van der Waals surface area contributed by atoms with Crippen LogP contribution in [0.4, 0.5) is 0 Å². The van der Waals surface area contributed by atoms with Crippen LogP contribution in [0.1, 0.15) is 85.5 Å². The maximum Gasteiger partial charge on any atom is 0.133 e. The third kappa shape index (κ3) is 2.73. The molecule has 0 aromatic heterocycles. The number of Topliss-reactive ketones (excluding diaryl/α,β-unsaturated/α-hetero) is 1. The van der Waals surface area contributed by atoms with Crippen LogP contribution >= 0.6 is 0 Å². The highest BCUT2D eigenvalue weighted by atomic mass is 16.3. The van der Waals surface area contributed by atoms with Crippen LogP contribution in [0.5, 0.6) is 0 Å². The number of rotatable bonds is 2. The molecule has 0 bridgehead atoms. The number of hydrogen-bond donors (Lipinski definition) is 1. The van der Waals surface area contributed by atoms with Crippen molar-refractivity contribution in [2.45, 2.75) is 91.1 Å². The first-order valence-electron chi connectivity index (χ1n) is 11.0. The first kappa shape index (κ1) is 18.0. The van der Waals surface area contributed by atoms with E-state index in [9.17, 15) is 9.90 Å². The highest BCUT2D eigenvalue weighted by Crippen LogP contribution is 2.66. The molecule has 0 spiro atoms. The minimum absolute atomic E-state index is 0.265. The van der Waals surface area contributed by atoms with E-state index in [1.165, 1.54) is 38.5 Å².